The first kappa shape index (κ1) is 13.2. The Kier molecular flexibility index (Phi) is 3.04. The van der Waals surface area contributed by atoms with Gasteiger partial charge >= 0.3 is 6.18 Å². The molecule has 1 atom stereocenters. The molecule has 4 nitrogen and oxygen atoms in total. The molecule has 1 N–H and O–H groups in total. The number of aromatic nitrogens is 2. The number of thiophene rings is 1. The fourth-order valence-corrected chi connectivity index (χ4v) is 2.92. The lowest BCUT2D eigenvalue weighted by atomic mass is 9.94. The molecule has 1 aliphatic rings. The van der Waals surface area contributed by atoms with E-state index in [2.05, 4.69) is 10.4 Å². The smallest absolute Gasteiger partial charge is 0.311 e. The van der Waals surface area contributed by atoms with Gasteiger partial charge in [-0.05, 0) is 11.4 Å². The second-order valence-corrected chi connectivity index (χ2v) is 5.56. The van der Waals surface area contributed by atoms with Crippen LogP contribution in [0.15, 0.2) is 23.7 Å². The lowest BCUT2D eigenvalue weighted by Gasteiger charge is -2.25. The van der Waals surface area contributed by atoms with E-state index in [0.29, 0.717) is 6.54 Å². The summed E-state index contributed by atoms with van der Waals surface area (Å²) in [6, 6.07) is 3.72. The lowest BCUT2D eigenvalue weighted by Crippen LogP contribution is -2.31. The first-order valence-corrected chi connectivity index (χ1v) is 6.78. The molecule has 2 aromatic heterocycles. The number of alkyl halides is 3. The van der Waals surface area contributed by atoms with Crippen molar-refractivity contribution in [1.82, 2.24) is 9.78 Å². The molecular formula is C12H10F3N3OS. The van der Waals surface area contributed by atoms with Crippen LogP contribution in [0.3, 0.4) is 0 Å². The van der Waals surface area contributed by atoms with Gasteiger partial charge in [0.1, 0.15) is 5.82 Å². The topological polar surface area (TPSA) is 46.9 Å². The predicted octanol–water partition coefficient (Wildman–Crippen LogP) is 2.98. The molecular weight excluding hydrogens is 291 g/mol. The third-order valence-electron chi connectivity index (χ3n) is 3.17. The Labute approximate surface area is 116 Å². The fourth-order valence-electron chi connectivity index (χ4n) is 2.23. The first-order chi connectivity index (χ1) is 9.45. The molecule has 20 heavy (non-hydrogen) atoms. The number of nitrogens with one attached hydrogen (secondary N) is 1. The molecule has 0 aromatic carbocycles. The van der Waals surface area contributed by atoms with E-state index in [1.807, 2.05) is 17.5 Å². The Morgan fingerprint density at radius 3 is 2.95 bits per heavy atom. The van der Waals surface area contributed by atoms with E-state index in [0.717, 1.165) is 4.88 Å². The van der Waals surface area contributed by atoms with Crippen molar-refractivity contribution in [3.63, 3.8) is 0 Å². The third-order valence-corrected chi connectivity index (χ3v) is 4.03. The molecule has 8 heteroatoms. The summed E-state index contributed by atoms with van der Waals surface area (Å²) in [5.41, 5.74) is 0.0358. The molecule has 0 bridgehead atoms. The highest BCUT2D eigenvalue weighted by Gasteiger charge is 2.46. The number of fused-ring (bicyclic) bond motifs is 1. The highest BCUT2D eigenvalue weighted by molar-refractivity contribution is 7.09. The van der Waals surface area contributed by atoms with Gasteiger partial charge in [-0.25, -0.2) is 4.68 Å². The number of halogens is 3. The quantitative estimate of drug-likeness (QED) is 0.927. The van der Waals surface area contributed by atoms with Gasteiger partial charge in [-0.3, -0.25) is 4.79 Å². The fraction of sp³-hybridized carbons (Fsp3) is 0.333. The summed E-state index contributed by atoms with van der Waals surface area (Å²) in [6.07, 6.45) is -3.83. The van der Waals surface area contributed by atoms with Gasteiger partial charge in [0, 0.05) is 16.9 Å². The zero-order valence-electron chi connectivity index (χ0n) is 10.1. The number of amides is 1. The van der Waals surface area contributed by atoms with Crippen LogP contribution in [0.2, 0.25) is 0 Å². The van der Waals surface area contributed by atoms with Gasteiger partial charge in [-0.1, -0.05) is 6.07 Å². The van der Waals surface area contributed by atoms with E-state index >= 15 is 0 Å². The Hall–Kier alpha value is -1.83. The minimum absolute atomic E-state index is 0.0358. The highest BCUT2D eigenvalue weighted by Crippen LogP contribution is 2.43. The van der Waals surface area contributed by atoms with Crippen molar-refractivity contribution in [2.45, 2.75) is 25.1 Å². The Morgan fingerprint density at radius 2 is 2.30 bits per heavy atom. The predicted molar refractivity (Wildman–Crippen MR) is 67.7 cm³/mol. The molecule has 0 unspecified atom stereocenters. The van der Waals surface area contributed by atoms with Crippen molar-refractivity contribution in [3.8, 4) is 0 Å². The van der Waals surface area contributed by atoms with E-state index in [-0.39, 0.29) is 11.4 Å². The minimum Gasteiger partial charge on any atom is -0.311 e. The average molecular weight is 301 g/mol. The first-order valence-electron chi connectivity index (χ1n) is 5.90. The van der Waals surface area contributed by atoms with Crippen LogP contribution >= 0.6 is 11.3 Å². The molecule has 106 valence electrons. The highest BCUT2D eigenvalue weighted by atomic mass is 32.1. The van der Waals surface area contributed by atoms with Crippen LogP contribution in [0, 0.1) is 0 Å². The van der Waals surface area contributed by atoms with Gasteiger partial charge in [0.2, 0.25) is 5.91 Å². The standard InChI is InChI=1S/C12H10F3N3OS/c13-12(14,15)9-4-10(19)17-11-8(9)5-16-18(11)6-7-2-1-3-20-7/h1-3,5,9H,4,6H2,(H,17,19)/t9-/m1/s1. The molecule has 0 spiro atoms. The van der Waals surface area contributed by atoms with Crippen molar-refractivity contribution in [2.24, 2.45) is 0 Å². The van der Waals surface area contributed by atoms with Crippen molar-refractivity contribution in [2.75, 3.05) is 5.32 Å². The normalized spacial score (nSPS) is 18.8. The maximum absolute atomic E-state index is 13.0. The summed E-state index contributed by atoms with van der Waals surface area (Å²) >= 11 is 1.48. The molecule has 1 amide bonds. The molecule has 0 radical (unpaired) electrons. The summed E-state index contributed by atoms with van der Waals surface area (Å²) in [5.74, 6) is -2.26. The molecule has 0 aliphatic carbocycles. The van der Waals surface area contributed by atoms with Crippen LogP contribution in [0.4, 0.5) is 19.0 Å². The summed E-state index contributed by atoms with van der Waals surface area (Å²) < 4.78 is 40.3. The number of carbonyl (C=O) groups is 1. The molecule has 0 saturated heterocycles. The van der Waals surface area contributed by atoms with Crippen molar-refractivity contribution >= 4 is 23.1 Å². The Morgan fingerprint density at radius 1 is 1.50 bits per heavy atom. The average Bonchev–Trinajstić information content (AvgIpc) is 2.98. The zero-order chi connectivity index (χ0) is 14.3. The Bertz CT molecular complexity index is 633. The molecule has 2 aromatic rings. The van der Waals surface area contributed by atoms with Gasteiger partial charge in [-0.15, -0.1) is 11.3 Å². The monoisotopic (exact) mass is 301 g/mol. The van der Waals surface area contributed by atoms with E-state index in [1.54, 1.807) is 0 Å². The number of carbonyl (C=O) groups excluding carboxylic acids is 1. The van der Waals surface area contributed by atoms with Gasteiger partial charge in [0.05, 0.1) is 18.7 Å². The van der Waals surface area contributed by atoms with E-state index in [1.165, 1.54) is 22.2 Å². The number of rotatable bonds is 2. The number of anilines is 1. The maximum atomic E-state index is 13.0. The Balaban J connectivity index is 1.97. The second kappa shape index (κ2) is 4.62. The lowest BCUT2D eigenvalue weighted by molar-refractivity contribution is -0.156. The van der Waals surface area contributed by atoms with E-state index in [4.69, 9.17) is 0 Å². The summed E-state index contributed by atoms with van der Waals surface area (Å²) in [4.78, 5) is 12.4. The zero-order valence-corrected chi connectivity index (χ0v) is 11.0. The minimum atomic E-state index is -4.44. The van der Waals surface area contributed by atoms with Crippen LogP contribution in [0.1, 0.15) is 22.8 Å². The van der Waals surface area contributed by atoms with Gasteiger partial charge in [0.15, 0.2) is 0 Å². The number of nitrogens with zero attached hydrogens (tertiary/aromatic N) is 2. The van der Waals surface area contributed by atoms with Gasteiger partial charge in [-0.2, -0.15) is 18.3 Å². The van der Waals surface area contributed by atoms with Gasteiger partial charge in [0.25, 0.3) is 0 Å². The maximum Gasteiger partial charge on any atom is 0.396 e. The largest absolute Gasteiger partial charge is 0.396 e. The molecule has 0 saturated carbocycles. The van der Waals surface area contributed by atoms with Crippen LogP contribution in [-0.4, -0.2) is 21.9 Å². The van der Waals surface area contributed by atoms with Crippen LogP contribution in [0.5, 0.6) is 0 Å². The summed E-state index contributed by atoms with van der Waals surface area (Å²) in [6.45, 7) is 0.345. The molecule has 1 aliphatic heterocycles. The molecule has 3 heterocycles. The van der Waals surface area contributed by atoms with E-state index in [9.17, 15) is 18.0 Å². The third kappa shape index (κ3) is 2.31. The van der Waals surface area contributed by atoms with Crippen molar-refractivity contribution in [1.29, 1.82) is 0 Å². The second-order valence-electron chi connectivity index (χ2n) is 4.53. The van der Waals surface area contributed by atoms with Crippen LogP contribution in [0.25, 0.3) is 0 Å². The number of hydrogen-bond acceptors (Lipinski definition) is 3. The van der Waals surface area contributed by atoms with Crippen molar-refractivity contribution in [3.05, 3.63) is 34.2 Å². The number of hydrogen-bond donors (Lipinski definition) is 1. The summed E-state index contributed by atoms with van der Waals surface area (Å²) in [7, 11) is 0. The SMILES string of the molecule is O=C1C[C@@H](C(F)(F)F)c2cnn(Cc3cccs3)c2N1. The summed E-state index contributed by atoms with van der Waals surface area (Å²) in [5, 5.41) is 8.35. The van der Waals surface area contributed by atoms with Gasteiger partial charge < -0.3 is 5.32 Å². The molecule has 0 fully saturated rings. The van der Waals surface area contributed by atoms with Crippen LogP contribution in [-0.2, 0) is 11.3 Å². The van der Waals surface area contributed by atoms with Crippen molar-refractivity contribution < 1.29 is 18.0 Å². The van der Waals surface area contributed by atoms with E-state index < -0.39 is 24.4 Å². The molecule has 3 rings (SSSR count). The van der Waals surface area contributed by atoms with Crippen LogP contribution < -0.4 is 5.32 Å².